The molecule has 0 unspecified atom stereocenters. The molecule has 0 bridgehead atoms. The monoisotopic (exact) mass is 255 g/mol. The number of aliphatic carboxylic acids is 1. The van der Waals surface area contributed by atoms with Crippen molar-refractivity contribution in [1.29, 1.82) is 0 Å². The maximum atomic E-state index is 10.6. The average Bonchev–Trinajstić information content (AvgIpc) is 2.23. The van der Waals surface area contributed by atoms with E-state index in [1.54, 1.807) is 24.3 Å². The number of fused-ring (bicyclic) bond motifs is 1. The third-order valence-corrected chi connectivity index (χ3v) is 2.78. The van der Waals surface area contributed by atoms with E-state index in [2.05, 4.69) is 4.98 Å². The molecular formula is C11H7Cl2NO2. The van der Waals surface area contributed by atoms with Crippen molar-refractivity contribution in [1.82, 2.24) is 4.98 Å². The minimum atomic E-state index is -0.926. The van der Waals surface area contributed by atoms with Crippen molar-refractivity contribution in [2.24, 2.45) is 0 Å². The molecule has 0 atom stereocenters. The predicted octanol–water partition coefficient (Wildman–Crippen LogP) is 3.17. The van der Waals surface area contributed by atoms with Crippen LogP contribution in [0.2, 0.25) is 10.0 Å². The smallest absolute Gasteiger partial charge is 0.309 e. The molecule has 3 nitrogen and oxygen atoms in total. The van der Waals surface area contributed by atoms with Gasteiger partial charge in [0.2, 0.25) is 0 Å². The Morgan fingerprint density at radius 2 is 1.88 bits per heavy atom. The van der Waals surface area contributed by atoms with Crippen LogP contribution in [0.15, 0.2) is 24.3 Å². The zero-order valence-electron chi connectivity index (χ0n) is 8.08. The van der Waals surface area contributed by atoms with Crippen LogP contribution < -0.4 is 0 Å². The van der Waals surface area contributed by atoms with Gasteiger partial charge in [0.25, 0.3) is 0 Å². The molecule has 0 aliphatic heterocycles. The van der Waals surface area contributed by atoms with E-state index in [0.29, 0.717) is 21.3 Å². The lowest BCUT2D eigenvalue weighted by Gasteiger charge is -2.04. The van der Waals surface area contributed by atoms with Gasteiger partial charge in [0, 0.05) is 5.39 Å². The molecule has 0 fully saturated rings. The van der Waals surface area contributed by atoms with Crippen LogP contribution in [0.1, 0.15) is 5.69 Å². The van der Waals surface area contributed by atoms with Crippen molar-refractivity contribution in [2.45, 2.75) is 6.42 Å². The SMILES string of the molecule is O=C(O)Cc1ccc2c(Cl)ccc(Cl)c2n1. The summed E-state index contributed by atoms with van der Waals surface area (Å²) in [6, 6.07) is 6.70. The first-order valence-electron chi connectivity index (χ1n) is 4.53. The van der Waals surface area contributed by atoms with E-state index in [9.17, 15) is 4.79 Å². The lowest BCUT2D eigenvalue weighted by Crippen LogP contribution is -2.02. The quantitative estimate of drug-likeness (QED) is 0.897. The highest BCUT2D eigenvalue weighted by molar-refractivity contribution is 6.39. The summed E-state index contributed by atoms with van der Waals surface area (Å²) in [6.45, 7) is 0. The highest BCUT2D eigenvalue weighted by Crippen LogP contribution is 2.28. The zero-order valence-corrected chi connectivity index (χ0v) is 9.59. The second kappa shape index (κ2) is 4.28. The highest BCUT2D eigenvalue weighted by Gasteiger charge is 2.08. The van der Waals surface area contributed by atoms with Gasteiger partial charge in [-0.1, -0.05) is 23.2 Å². The summed E-state index contributed by atoms with van der Waals surface area (Å²) in [7, 11) is 0. The first-order valence-corrected chi connectivity index (χ1v) is 5.29. The molecule has 1 heterocycles. The summed E-state index contributed by atoms with van der Waals surface area (Å²) in [6.07, 6.45) is -0.126. The summed E-state index contributed by atoms with van der Waals surface area (Å²) < 4.78 is 0. The average molecular weight is 256 g/mol. The molecule has 0 radical (unpaired) electrons. The summed E-state index contributed by atoms with van der Waals surface area (Å²) in [5, 5.41) is 10.4. The Hall–Kier alpha value is -1.32. The van der Waals surface area contributed by atoms with Crippen LogP contribution >= 0.6 is 23.2 Å². The number of nitrogens with zero attached hydrogens (tertiary/aromatic N) is 1. The van der Waals surface area contributed by atoms with Crippen LogP contribution in [0.5, 0.6) is 0 Å². The molecule has 82 valence electrons. The van der Waals surface area contributed by atoms with E-state index >= 15 is 0 Å². The van der Waals surface area contributed by atoms with Crippen LogP contribution in [0.4, 0.5) is 0 Å². The molecule has 0 saturated carbocycles. The number of hydrogen-bond acceptors (Lipinski definition) is 2. The highest BCUT2D eigenvalue weighted by atomic mass is 35.5. The van der Waals surface area contributed by atoms with Gasteiger partial charge >= 0.3 is 5.97 Å². The van der Waals surface area contributed by atoms with Gasteiger partial charge in [-0.05, 0) is 24.3 Å². The molecule has 0 spiro atoms. The Kier molecular flexibility index (Phi) is 2.99. The van der Waals surface area contributed by atoms with E-state index in [1.807, 2.05) is 0 Å². The lowest BCUT2D eigenvalue weighted by atomic mass is 10.2. The first-order chi connectivity index (χ1) is 7.58. The second-order valence-corrected chi connectivity index (χ2v) is 4.11. The summed E-state index contributed by atoms with van der Waals surface area (Å²) in [5.41, 5.74) is 0.997. The number of carboxylic acids is 1. The lowest BCUT2D eigenvalue weighted by molar-refractivity contribution is -0.136. The van der Waals surface area contributed by atoms with Gasteiger partial charge in [0.05, 0.1) is 27.7 Å². The Balaban J connectivity index is 2.61. The van der Waals surface area contributed by atoms with Crippen molar-refractivity contribution >= 4 is 40.1 Å². The van der Waals surface area contributed by atoms with E-state index in [4.69, 9.17) is 28.3 Å². The molecule has 0 aliphatic rings. The van der Waals surface area contributed by atoms with E-state index < -0.39 is 5.97 Å². The van der Waals surface area contributed by atoms with Crippen LogP contribution in [0.25, 0.3) is 10.9 Å². The minimum absolute atomic E-state index is 0.126. The molecule has 0 saturated heterocycles. The number of rotatable bonds is 2. The van der Waals surface area contributed by atoms with Gasteiger partial charge in [-0.3, -0.25) is 9.78 Å². The molecule has 5 heteroatoms. The van der Waals surface area contributed by atoms with Crippen LogP contribution in [0.3, 0.4) is 0 Å². The molecule has 1 aromatic heterocycles. The normalized spacial score (nSPS) is 10.6. The summed E-state index contributed by atoms with van der Waals surface area (Å²) >= 11 is 11.9. The van der Waals surface area contributed by atoms with Crippen molar-refractivity contribution in [2.75, 3.05) is 0 Å². The predicted molar refractivity (Wildman–Crippen MR) is 63.1 cm³/mol. The van der Waals surface area contributed by atoms with Crippen molar-refractivity contribution < 1.29 is 9.90 Å². The third-order valence-electron chi connectivity index (χ3n) is 2.14. The van der Waals surface area contributed by atoms with Gasteiger partial charge in [-0.15, -0.1) is 0 Å². The van der Waals surface area contributed by atoms with Crippen molar-refractivity contribution in [3.63, 3.8) is 0 Å². The standard InChI is InChI=1S/C11H7Cl2NO2/c12-8-3-4-9(13)11-7(8)2-1-6(14-11)5-10(15)16/h1-4H,5H2,(H,15,16). The number of hydrogen-bond donors (Lipinski definition) is 1. The van der Waals surface area contributed by atoms with Crippen LogP contribution in [-0.4, -0.2) is 16.1 Å². The van der Waals surface area contributed by atoms with E-state index in [0.717, 1.165) is 5.39 Å². The number of aromatic nitrogens is 1. The van der Waals surface area contributed by atoms with Gasteiger partial charge in [-0.2, -0.15) is 0 Å². The second-order valence-electron chi connectivity index (χ2n) is 3.30. The van der Waals surface area contributed by atoms with Gasteiger partial charge in [0.1, 0.15) is 0 Å². The molecule has 0 amide bonds. The molecule has 1 N–H and O–H groups in total. The Labute approximate surface area is 102 Å². The fourth-order valence-electron chi connectivity index (χ4n) is 1.44. The molecule has 16 heavy (non-hydrogen) atoms. The molecule has 2 aromatic rings. The number of benzene rings is 1. The Morgan fingerprint density at radius 1 is 1.19 bits per heavy atom. The number of pyridine rings is 1. The first kappa shape index (κ1) is 11.2. The van der Waals surface area contributed by atoms with Gasteiger partial charge < -0.3 is 5.11 Å². The molecule has 0 aliphatic carbocycles. The zero-order chi connectivity index (χ0) is 11.7. The number of carbonyl (C=O) groups is 1. The van der Waals surface area contributed by atoms with Crippen LogP contribution in [0, 0.1) is 0 Å². The summed E-state index contributed by atoms with van der Waals surface area (Å²) in [5.74, 6) is -0.926. The maximum absolute atomic E-state index is 10.6. The van der Waals surface area contributed by atoms with Crippen molar-refractivity contribution in [3.05, 3.63) is 40.0 Å². The minimum Gasteiger partial charge on any atom is -0.481 e. The fraction of sp³-hybridized carbons (Fsp3) is 0.0909. The van der Waals surface area contributed by atoms with Gasteiger partial charge in [0.15, 0.2) is 0 Å². The van der Waals surface area contributed by atoms with Crippen molar-refractivity contribution in [3.8, 4) is 0 Å². The maximum Gasteiger partial charge on any atom is 0.309 e. The number of halogens is 2. The fourth-order valence-corrected chi connectivity index (χ4v) is 1.87. The number of carboxylic acid groups (broad SMARTS) is 1. The van der Waals surface area contributed by atoms with E-state index in [-0.39, 0.29) is 6.42 Å². The Bertz CT molecular complexity index is 569. The molecular weight excluding hydrogens is 249 g/mol. The molecule has 2 rings (SSSR count). The van der Waals surface area contributed by atoms with E-state index in [1.165, 1.54) is 0 Å². The Morgan fingerprint density at radius 3 is 2.56 bits per heavy atom. The molecule has 1 aromatic carbocycles. The summed E-state index contributed by atoms with van der Waals surface area (Å²) in [4.78, 5) is 14.7. The largest absolute Gasteiger partial charge is 0.481 e. The third kappa shape index (κ3) is 2.10. The van der Waals surface area contributed by atoms with Gasteiger partial charge in [-0.25, -0.2) is 0 Å². The topological polar surface area (TPSA) is 50.2 Å². The van der Waals surface area contributed by atoms with Crippen LogP contribution in [-0.2, 0) is 11.2 Å².